The van der Waals surface area contributed by atoms with E-state index < -0.39 is 6.04 Å². The number of aromatic nitrogens is 3. The lowest BCUT2D eigenvalue weighted by Crippen LogP contribution is -2.33. The zero-order valence-electron chi connectivity index (χ0n) is 13.2. The van der Waals surface area contributed by atoms with Crippen molar-refractivity contribution in [3.63, 3.8) is 0 Å². The molecule has 0 radical (unpaired) electrons. The maximum absolute atomic E-state index is 12.3. The van der Waals surface area contributed by atoms with E-state index >= 15 is 0 Å². The van der Waals surface area contributed by atoms with E-state index in [1.54, 1.807) is 6.92 Å². The number of fused-ring (bicyclic) bond motifs is 1. The lowest BCUT2D eigenvalue weighted by molar-refractivity contribution is -0.124. The van der Waals surface area contributed by atoms with E-state index in [2.05, 4.69) is 15.4 Å². The Labute approximate surface area is 134 Å². The number of nitrogens with one attached hydrogen (secondary N) is 1. The fourth-order valence-electron chi connectivity index (χ4n) is 2.40. The topological polar surface area (TPSA) is 78.3 Å². The summed E-state index contributed by atoms with van der Waals surface area (Å²) >= 11 is 0. The van der Waals surface area contributed by atoms with Gasteiger partial charge in [0, 0.05) is 6.42 Å². The molecule has 122 valence electrons. The standard InChI is InChI=1S/C16H20N4O3/c1-11(19-16(21)12(2)20-10-17-9-18-20)13-4-5-14-15(8-13)23-7-3-6-22-14/h4-5,8-12H,3,6-7H2,1-2H3,(H,19,21)/t11-,12+/m1/s1. The van der Waals surface area contributed by atoms with Crippen LogP contribution in [0.25, 0.3) is 0 Å². The summed E-state index contributed by atoms with van der Waals surface area (Å²) < 4.78 is 12.8. The van der Waals surface area contributed by atoms with E-state index in [1.165, 1.54) is 17.3 Å². The summed E-state index contributed by atoms with van der Waals surface area (Å²) in [4.78, 5) is 16.2. The van der Waals surface area contributed by atoms with Crippen LogP contribution in [0.2, 0.25) is 0 Å². The molecule has 1 aromatic carbocycles. The Morgan fingerprint density at radius 3 is 2.78 bits per heavy atom. The van der Waals surface area contributed by atoms with Gasteiger partial charge in [-0.1, -0.05) is 6.07 Å². The van der Waals surface area contributed by atoms with Crippen LogP contribution in [0.15, 0.2) is 30.9 Å². The number of carbonyl (C=O) groups excluding carboxylic acids is 1. The Hall–Kier alpha value is -2.57. The number of rotatable bonds is 4. The van der Waals surface area contributed by atoms with E-state index in [9.17, 15) is 4.79 Å². The highest BCUT2D eigenvalue weighted by Crippen LogP contribution is 2.32. The van der Waals surface area contributed by atoms with Crippen molar-refractivity contribution in [3.8, 4) is 11.5 Å². The number of ether oxygens (including phenoxy) is 2. The predicted molar refractivity (Wildman–Crippen MR) is 83.3 cm³/mol. The molecular formula is C16H20N4O3. The largest absolute Gasteiger partial charge is 0.490 e. The molecule has 7 nitrogen and oxygen atoms in total. The van der Waals surface area contributed by atoms with E-state index in [0.29, 0.717) is 13.2 Å². The first-order valence-corrected chi connectivity index (χ1v) is 7.69. The second-order valence-corrected chi connectivity index (χ2v) is 5.54. The second kappa shape index (κ2) is 6.68. The molecule has 2 atom stereocenters. The number of hydrogen-bond donors (Lipinski definition) is 1. The average Bonchev–Trinajstić information content (AvgIpc) is 2.99. The highest BCUT2D eigenvalue weighted by atomic mass is 16.5. The molecule has 0 spiro atoms. The number of benzene rings is 1. The zero-order chi connectivity index (χ0) is 16.2. The second-order valence-electron chi connectivity index (χ2n) is 5.54. The maximum Gasteiger partial charge on any atom is 0.245 e. The van der Waals surface area contributed by atoms with Crippen LogP contribution in [0.5, 0.6) is 11.5 Å². The fourth-order valence-corrected chi connectivity index (χ4v) is 2.40. The smallest absolute Gasteiger partial charge is 0.245 e. The molecule has 0 unspecified atom stereocenters. The Kier molecular flexibility index (Phi) is 4.45. The molecule has 1 aliphatic heterocycles. The molecule has 1 aromatic heterocycles. The Morgan fingerprint density at radius 2 is 2.04 bits per heavy atom. The third-order valence-electron chi connectivity index (χ3n) is 3.84. The first-order chi connectivity index (χ1) is 11.1. The lowest BCUT2D eigenvalue weighted by Gasteiger charge is -2.19. The van der Waals surface area contributed by atoms with Gasteiger partial charge in [0.05, 0.1) is 19.3 Å². The normalized spacial score (nSPS) is 16.3. The highest BCUT2D eigenvalue weighted by Gasteiger charge is 2.19. The summed E-state index contributed by atoms with van der Waals surface area (Å²) in [5, 5.41) is 6.98. The molecule has 1 N–H and O–H groups in total. The average molecular weight is 316 g/mol. The van der Waals surface area contributed by atoms with Crippen molar-refractivity contribution in [1.82, 2.24) is 20.1 Å². The van der Waals surface area contributed by atoms with Gasteiger partial charge in [0.1, 0.15) is 18.7 Å². The summed E-state index contributed by atoms with van der Waals surface area (Å²) in [6.45, 7) is 5.02. The van der Waals surface area contributed by atoms with Crippen LogP contribution in [-0.2, 0) is 4.79 Å². The van der Waals surface area contributed by atoms with Gasteiger partial charge in [-0.2, -0.15) is 5.10 Å². The summed E-state index contributed by atoms with van der Waals surface area (Å²) in [5.41, 5.74) is 0.966. The van der Waals surface area contributed by atoms with Crippen LogP contribution < -0.4 is 14.8 Å². The third kappa shape index (κ3) is 3.44. The molecule has 0 fully saturated rings. The minimum atomic E-state index is -0.416. The minimum absolute atomic E-state index is 0.116. The first-order valence-electron chi connectivity index (χ1n) is 7.69. The van der Waals surface area contributed by atoms with Crippen molar-refractivity contribution in [1.29, 1.82) is 0 Å². The van der Waals surface area contributed by atoms with Gasteiger partial charge in [0.2, 0.25) is 5.91 Å². The molecule has 3 rings (SSSR count). The first kappa shape index (κ1) is 15.3. The Bertz CT molecular complexity index is 672. The molecule has 7 heteroatoms. The summed E-state index contributed by atoms with van der Waals surface area (Å²) in [6, 6.07) is 5.19. The van der Waals surface area contributed by atoms with Gasteiger partial charge in [0.25, 0.3) is 0 Å². The monoisotopic (exact) mass is 316 g/mol. The quantitative estimate of drug-likeness (QED) is 0.932. The minimum Gasteiger partial charge on any atom is -0.490 e. The molecule has 2 heterocycles. The molecule has 1 amide bonds. The van der Waals surface area contributed by atoms with Crippen molar-refractivity contribution in [2.45, 2.75) is 32.4 Å². The van der Waals surface area contributed by atoms with E-state index in [0.717, 1.165) is 23.5 Å². The molecule has 0 bridgehead atoms. The maximum atomic E-state index is 12.3. The van der Waals surface area contributed by atoms with Gasteiger partial charge in [-0.25, -0.2) is 9.67 Å². The van der Waals surface area contributed by atoms with Crippen molar-refractivity contribution in [2.24, 2.45) is 0 Å². The van der Waals surface area contributed by atoms with Crippen molar-refractivity contribution < 1.29 is 14.3 Å². The van der Waals surface area contributed by atoms with Crippen LogP contribution in [0, 0.1) is 0 Å². The van der Waals surface area contributed by atoms with Gasteiger partial charge in [-0.05, 0) is 31.5 Å². The summed E-state index contributed by atoms with van der Waals surface area (Å²) in [7, 11) is 0. The van der Waals surface area contributed by atoms with Crippen LogP contribution >= 0.6 is 0 Å². The third-order valence-corrected chi connectivity index (χ3v) is 3.84. The van der Waals surface area contributed by atoms with Gasteiger partial charge in [-0.15, -0.1) is 0 Å². The van der Waals surface area contributed by atoms with Gasteiger partial charge in [0.15, 0.2) is 11.5 Å². The molecule has 0 aliphatic carbocycles. The van der Waals surface area contributed by atoms with Gasteiger partial charge < -0.3 is 14.8 Å². The number of carbonyl (C=O) groups is 1. The molecule has 0 saturated carbocycles. The van der Waals surface area contributed by atoms with Gasteiger partial charge in [-0.3, -0.25) is 4.79 Å². The molecule has 0 saturated heterocycles. The van der Waals surface area contributed by atoms with Crippen molar-refractivity contribution in [2.75, 3.05) is 13.2 Å². The number of hydrogen-bond acceptors (Lipinski definition) is 5. The van der Waals surface area contributed by atoms with Gasteiger partial charge >= 0.3 is 0 Å². The van der Waals surface area contributed by atoms with E-state index in [4.69, 9.17) is 9.47 Å². The van der Waals surface area contributed by atoms with Crippen LogP contribution in [0.4, 0.5) is 0 Å². The van der Waals surface area contributed by atoms with Crippen molar-refractivity contribution in [3.05, 3.63) is 36.4 Å². The molecule has 2 aromatic rings. The summed E-state index contributed by atoms with van der Waals surface area (Å²) in [5.74, 6) is 1.36. The SMILES string of the molecule is C[C@@H](NC(=O)[C@H](C)n1cncn1)c1ccc2c(c1)OCCCO2. The highest BCUT2D eigenvalue weighted by molar-refractivity contribution is 5.80. The Balaban J connectivity index is 1.69. The molecule has 1 aliphatic rings. The number of nitrogens with zero attached hydrogens (tertiary/aromatic N) is 3. The summed E-state index contributed by atoms with van der Waals surface area (Å²) in [6.07, 6.45) is 3.81. The van der Waals surface area contributed by atoms with Crippen LogP contribution in [0.1, 0.15) is 37.9 Å². The fraction of sp³-hybridized carbons (Fsp3) is 0.438. The zero-order valence-corrected chi connectivity index (χ0v) is 13.2. The lowest BCUT2D eigenvalue weighted by atomic mass is 10.1. The Morgan fingerprint density at radius 1 is 1.26 bits per heavy atom. The number of amides is 1. The molecular weight excluding hydrogens is 296 g/mol. The van der Waals surface area contributed by atoms with Crippen LogP contribution in [-0.4, -0.2) is 33.9 Å². The van der Waals surface area contributed by atoms with Crippen LogP contribution in [0.3, 0.4) is 0 Å². The predicted octanol–water partition coefficient (Wildman–Crippen LogP) is 1.88. The van der Waals surface area contributed by atoms with E-state index in [-0.39, 0.29) is 11.9 Å². The molecule has 23 heavy (non-hydrogen) atoms. The van der Waals surface area contributed by atoms with E-state index in [1.807, 2.05) is 25.1 Å². The van der Waals surface area contributed by atoms with Crippen molar-refractivity contribution >= 4 is 5.91 Å².